The quantitative estimate of drug-likeness (QED) is 0.847. The van der Waals surface area contributed by atoms with E-state index in [1.54, 1.807) is 5.56 Å². The van der Waals surface area contributed by atoms with Gasteiger partial charge in [0.2, 0.25) is 0 Å². The van der Waals surface area contributed by atoms with E-state index in [1.165, 1.54) is 42.0 Å². The third-order valence-electron chi connectivity index (χ3n) is 6.03. The van der Waals surface area contributed by atoms with Gasteiger partial charge in [0.05, 0.1) is 0 Å². The molecule has 0 amide bonds. The molecule has 0 radical (unpaired) electrons. The molecule has 2 aliphatic rings. The minimum atomic E-state index is 0.520. The number of fused-ring (bicyclic) bond motifs is 3. The Bertz CT molecular complexity index is 660. The van der Waals surface area contributed by atoms with Crippen LogP contribution in [0, 0.1) is 24.7 Å². The van der Waals surface area contributed by atoms with Gasteiger partial charge in [-0.25, -0.2) is 0 Å². The zero-order valence-corrected chi connectivity index (χ0v) is 13.1. The molecular formula is C20H25N. The molecule has 2 fully saturated rings. The topological polar surface area (TPSA) is 12.0 Å². The second-order valence-electron chi connectivity index (χ2n) is 7.12. The Morgan fingerprint density at radius 3 is 2.62 bits per heavy atom. The van der Waals surface area contributed by atoms with Crippen molar-refractivity contribution in [1.82, 2.24) is 5.32 Å². The summed E-state index contributed by atoms with van der Waals surface area (Å²) in [4.78, 5) is 0. The van der Waals surface area contributed by atoms with Crippen LogP contribution in [0.5, 0.6) is 0 Å². The van der Waals surface area contributed by atoms with Gasteiger partial charge < -0.3 is 5.32 Å². The summed E-state index contributed by atoms with van der Waals surface area (Å²) in [7, 11) is 2.15. The van der Waals surface area contributed by atoms with Crippen LogP contribution in [0.3, 0.4) is 0 Å². The van der Waals surface area contributed by atoms with Gasteiger partial charge in [-0.3, -0.25) is 0 Å². The normalized spacial score (nSPS) is 29.1. The van der Waals surface area contributed by atoms with E-state index >= 15 is 0 Å². The summed E-state index contributed by atoms with van der Waals surface area (Å²) in [5, 5.41) is 6.50. The fourth-order valence-corrected chi connectivity index (χ4v) is 5.09. The average Bonchev–Trinajstić information content (AvgIpc) is 3.13. The SMILES string of the molecule is CNC(c1c(C)ccc2ccccc12)C1CC2CCC1C2. The highest BCUT2D eigenvalue weighted by Crippen LogP contribution is 2.53. The Labute approximate surface area is 127 Å². The van der Waals surface area contributed by atoms with Gasteiger partial charge in [-0.1, -0.05) is 42.8 Å². The van der Waals surface area contributed by atoms with Crippen LogP contribution >= 0.6 is 0 Å². The summed E-state index contributed by atoms with van der Waals surface area (Å²) in [5.74, 6) is 2.79. The Morgan fingerprint density at radius 1 is 1.05 bits per heavy atom. The predicted molar refractivity (Wildman–Crippen MR) is 89.4 cm³/mol. The van der Waals surface area contributed by atoms with E-state index in [4.69, 9.17) is 0 Å². The molecule has 4 rings (SSSR count). The summed E-state index contributed by atoms with van der Waals surface area (Å²) in [6.07, 6.45) is 5.84. The zero-order valence-electron chi connectivity index (χ0n) is 13.1. The molecule has 0 spiro atoms. The van der Waals surface area contributed by atoms with E-state index in [0.717, 1.165) is 17.8 Å². The molecule has 0 heterocycles. The van der Waals surface area contributed by atoms with Gasteiger partial charge in [0.1, 0.15) is 0 Å². The number of benzene rings is 2. The molecule has 2 saturated carbocycles. The highest BCUT2D eigenvalue weighted by molar-refractivity contribution is 5.87. The molecule has 0 saturated heterocycles. The van der Waals surface area contributed by atoms with Crippen molar-refractivity contribution in [3.63, 3.8) is 0 Å². The van der Waals surface area contributed by atoms with E-state index in [9.17, 15) is 0 Å². The molecule has 2 aromatic carbocycles. The van der Waals surface area contributed by atoms with Crippen molar-refractivity contribution in [2.45, 2.75) is 38.6 Å². The first-order chi connectivity index (χ1) is 10.3. The lowest BCUT2D eigenvalue weighted by molar-refractivity contribution is 0.260. The minimum Gasteiger partial charge on any atom is -0.313 e. The summed E-state index contributed by atoms with van der Waals surface area (Å²) >= 11 is 0. The number of hydrogen-bond acceptors (Lipinski definition) is 1. The average molecular weight is 279 g/mol. The van der Waals surface area contributed by atoms with Gasteiger partial charge in [-0.15, -0.1) is 0 Å². The molecule has 21 heavy (non-hydrogen) atoms. The molecule has 1 N–H and O–H groups in total. The second kappa shape index (κ2) is 5.14. The van der Waals surface area contributed by atoms with Crippen LogP contribution < -0.4 is 5.32 Å². The molecule has 2 aromatic rings. The minimum absolute atomic E-state index is 0.520. The third-order valence-corrected chi connectivity index (χ3v) is 6.03. The van der Waals surface area contributed by atoms with Gasteiger partial charge in [0.15, 0.2) is 0 Å². The Morgan fingerprint density at radius 2 is 1.90 bits per heavy atom. The van der Waals surface area contributed by atoms with Crippen molar-refractivity contribution in [3.05, 3.63) is 47.5 Å². The molecule has 4 unspecified atom stereocenters. The monoisotopic (exact) mass is 279 g/mol. The Hall–Kier alpha value is -1.34. The van der Waals surface area contributed by atoms with Gasteiger partial charge >= 0.3 is 0 Å². The Balaban J connectivity index is 1.82. The zero-order chi connectivity index (χ0) is 14.4. The molecule has 2 aliphatic carbocycles. The number of hydrogen-bond donors (Lipinski definition) is 1. The van der Waals surface area contributed by atoms with E-state index in [1.807, 2.05) is 0 Å². The van der Waals surface area contributed by atoms with Crippen LogP contribution in [-0.2, 0) is 0 Å². The highest BCUT2D eigenvalue weighted by atomic mass is 14.9. The summed E-state index contributed by atoms with van der Waals surface area (Å²) < 4.78 is 0. The highest BCUT2D eigenvalue weighted by Gasteiger charge is 2.43. The third kappa shape index (κ3) is 2.10. The Kier molecular flexibility index (Phi) is 3.26. The van der Waals surface area contributed by atoms with Crippen molar-refractivity contribution in [2.24, 2.45) is 17.8 Å². The summed E-state index contributed by atoms with van der Waals surface area (Å²) in [6.45, 7) is 2.28. The molecule has 110 valence electrons. The van der Waals surface area contributed by atoms with E-state index in [0.29, 0.717) is 6.04 Å². The van der Waals surface area contributed by atoms with Crippen LogP contribution in [-0.4, -0.2) is 7.05 Å². The summed E-state index contributed by atoms with van der Waals surface area (Å²) in [6, 6.07) is 14.0. The molecule has 0 aromatic heterocycles. The van der Waals surface area contributed by atoms with E-state index < -0.39 is 0 Å². The number of nitrogens with one attached hydrogen (secondary N) is 1. The lowest BCUT2D eigenvalue weighted by Crippen LogP contribution is -2.29. The van der Waals surface area contributed by atoms with Crippen LogP contribution in [0.25, 0.3) is 10.8 Å². The van der Waals surface area contributed by atoms with Crippen LogP contribution in [0.4, 0.5) is 0 Å². The molecule has 0 aliphatic heterocycles. The fraction of sp³-hybridized carbons (Fsp3) is 0.500. The van der Waals surface area contributed by atoms with Crippen LogP contribution in [0.2, 0.25) is 0 Å². The fourth-order valence-electron chi connectivity index (χ4n) is 5.09. The molecule has 4 atom stereocenters. The lowest BCUT2D eigenvalue weighted by Gasteiger charge is -2.32. The van der Waals surface area contributed by atoms with Crippen LogP contribution in [0.15, 0.2) is 36.4 Å². The molecule has 1 nitrogen and oxygen atoms in total. The molecule has 2 bridgehead atoms. The largest absolute Gasteiger partial charge is 0.313 e. The maximum Gasteiger partial charge on any atom is 0.0357 e. The van der Waals surface area contributed by atoms with E-state index in [-0.39, 0.29) is 0 Å². The van der Waals surface area contributed by atoms with Gasteiger partial charge in [-0.05, 0) is 72.9 Å². The first-order valence-corrected chi connectivity index (χ1v) is 8.43. The van der Waals surface area contributed by atoms with E-state index in [2.05, 4.69) is 55.7 Å². The van der Waals surface area contributed by atoms with Crippen molar-refractivity contribution in [2.75, 3.05) is 7.05 Å². The summed E-state index contributed by atoms with van der Waals surface area (Å²) in [5.41, 5.74) is 2.99. The first kappa shape index (κ1) is 13.3. The predicted octanol–water partition coefficient (Wildman–Crippen LogP) is 4.84. The van der Waals surface area contributed by atoms with Gasteiger partial charge in [0.25, 0.3) is 0 Å². The van der Waals surface area contributed by atoms with Crippen molar-refractivity contribution in [3.8, 4) is 0 Å². The maximum atomic E-state index is 3.68. The first-order valence-electron chi connectivity index (χ1n) is 8.43. The molecule has 1 heteroatoms. The number of rotatable bonds is 3. The van der Waals surface area contributed by atoms with Crippen LogP contribution in [0.1, 0.15) is 42.9 Å². The smallest absolute Gasteiger partial charge is 0.0357 e. The lowest BCUT2D eigenvalue weighted by atomic mass is 9.78. The molecular weight excluding hydrogens is 254 g/mol. The maximum absolute atomic E-state index is 3.68. The van der Waals surface area contributed by atoms with Crippen molar-refractivity contribution < 1.29 is 0 Å². The van der Waals surface area contributed by atoms with Gasteiger partial charge in [-0.2, -0.15) is 0 Å². The number of aryl methyl sites for hydroxylation is 1. The second-order valence-corrected chi connectivity index (χ2v) is 7.12. The van der Waals surface area contributed by atoms with Crippen molar-refractivity contribution in [1.29, 1.82) is 0 Å². The van der Waals surface area contributed by atoms with Gasteiger partial charge in [0, 0.05) is 6.04 Å². The van der Waals surface area contributed by atoms with Crippen molar-refractivity contribution >= 4 is 10.8 Å². The standard InChI is InChI=1S/C20H25N/c1-13-7-9-15-5-3-4-6-17(15)19(13)20(21-2)18-12-14-8-10-16(18)11-14/h3-7,9,14,16,18,20-21H,8,10-12H2,1-2H3.